The van der Waals surface area contributed by atoms with Gasteiger partial charge in [-0.25, -0.2) is 4.98 Å². The molecule has 132 valence electrons. The Morgan fingerprint density at radius 3 is 2.46 bits per heavy atom. The third kappa shape index (κ3) is 2.53. The van der Waals surface area contributed by atoms with Gasteiger partial charge >= 0.3 is 0 Å². The Labute approximate surface area is 165 Å². The summed E-state index contributed by atoms with van der Waals surface area (Å²) >= 11 is 0. The molecule has 0 fully saturated rings. The lowest BCUT2D eigenvalue weighted by Gasteiger charge is -2.21. The van der Waals surface area contributed by atoms with Crippen molar-refractivity contribution in [2.24, 2.45) is 0 Å². The van der Waals surface area contributed by atoms with E-state index >= 15 is 0 Å². The third-order valence-electron chi connectivity index (χ3n) is 5.20. The quantitative estimate of drug-likeness (QED) is 0.402. The number of ether oxygens (including phenoxy) is 2. The Morgan fingerprint density at radius 2 is 1.50 bits per heavy atom. The van der Waals surface area contributed by atoms with Crippen molar-refractivity contribution in [3.8, 4) is 34.3 Å². The van der Waals surface area contributed by atoms with Crippen LogP contribution in [0.15, 0.2) is 79.0 Å². The van der Waals surface area contributed by atoms with E-state index in [-0.39, 0.29) is 0 Å². The van der Waals surface area contributed by atoms with E-state index in [9.17, 15) is 0 Å². The molecule has 3 heterocycles. The van der Waals surface area contributed by atoms with Gasteiger partial charge in [-0.1, -0.05) is 48.5 Å². The van der Waals surface area contributed by atoms with Crippen LogP contribution in [0.1, 0.15) is 11.1 Å². The lowest BCUT2D eigenvalue weighted by molar-refractivity contribution is 0.441. The topological polar surface area (TPSA) is 31.4 Å². The summed E-state index contributed by atoms with van der Waals surface area (Å²) in [5.41, 5.74) is 4.56. The molecular formula is C24H15NO2Si. The van der Waals surface area contributed by atoms with Gasteiger partial charge in [0.25, 0.3) is 0 Å². The van der Waals surface area contributed by atoms with Gasteiger partial charge in [-0.3, -0.25) is 0 Å². The lowest BCUT2D eigenvalue weighted by Crippen LogP contribution is -2.33. The van der Waals surface area contributed by atoms with Gasteiger partial charge in [0.2, 0.25) is 5.88 Å². The van der Waals surface area contributed by atoms with Gasteiger partial charge in [0, 0.05) is 18.2 Å². The van der Waals surface area contributed by atoms with Crippen molar-refractivity contribution in [3.05, 3.63) is 90.1 Å². The minimum atomic E-state index is 0.625. The Bertz CT molecular complexity index is 1140. The zero-order chi connectivity index (χ0) is 18.5. The number of pyridine rings is 1. The first-order chi connectivity index (χ1) is 13.8. The Morgan fingerprint density at radius 1 is 0.679 bits per heavy atom. The zero-order valence-corrected chi connectivity index (χ0v) is 16.0. The Kier molecular flexibility index (Phi) is 3.40. The number of fused-ring (bicyclic) bond motifs is 4. The van der Waals surface area contributed by atoms with Crippen LogP contribution >= 0.6 is 0 Å². The number of aromatic nitrogens is 1. The summed E-state index contributed by atoms with van der Waals surface area (Å²) < 4.78 is 12.2. The molecule has 0 saturated carbocycles. The van der Waals surface area contributed by atoms with Gasteiger partial charge in [0.05, 0.1) is 0 Å². The molecule has 0 N–H and O–H groups in total. The molecule has 0 bridgehead atoms. The maximum absolute atomic E-state index is 6.16. The van der Waals surface area contributed by atoms with E-state index in [0.29, 0.717) is 15.4 Å². The average molecular weight is 377 g/mol. The number of hydrogen-bond donors (Lipinski definition) is 0. The highest BCUT2D eigenvalue weighted by molar-refractivity contribution is 6.69. The minimum Gasteiger partial charge on any atom is -0.458 e. The molecule has 0 spiro atoms. The fourth-order valence-electron chi connectivity index (χ4n) is 3.75. The van der Waals surface area contributed by atoms with Crippen LogP contribution in [0.4, 0.5) is 0 Å². The number of rotatable bonds is 1. The molecule has 0 atom stereocenters. The maximum Gasteiger partial charge on any atom is 0.222 e. The van der Waals surface area contributed by atoms with Gasteiger partial charge < -0.3 is 9.47 Å². The molecule has 4 aromatic rings. The lowest BCUT2D eigenvalue weighted by atomic mass is 9.98. The molecule has 0 amide bonds. The first kappa shape index (κ1) is 15.7. The van der Waals surface area contributed by atoms with Gasteiger partial charge in [-0.2, -0.15) is 0 Å². The third-order valence-corrected chi connectivity index (χ3v) is 6.56. The van der Waals surface area contributed by atoms with E-state index in [1.54, 1.807) is 6.20 Å². The minimum absolute atomic E-state index is 0.625. The zero-order valence-electron chi connectivity index (χ0n) is 15.0. The molecule has 2 radical (unpaired) electrons. The van der Waals surface area contributed by atoms with Crippen molar-refractivity contribution >= 4 is 19.9 Å². The summed E-state index contributed by atoms with van der Waals surface area (Å²) in [7, 11) is 0.625. The molecular weight excluding hydrogens is 362 g/mol. The Hall–Kier alpha value is -3.37. The number of benzene rings is 3. The normalized spacial score (nSPS) is 13.3. The molecule has 1 aromatic heterocycles. The molecule has 28 heavy (non-hydrogen) atoms. The number of para-hydroxylation sites is 1. The standard InChI is InChI=1S/C24H15NO2Si/c1-2-6-22-19(5-1)26-21-14-16(9-10-23(21)28-22)15-7-8-17-12-18-4-3-11-25-24(18)27-20(17)13-15/h1-11,13-14H,12H2. The van der Waals surface area contributed by atoms with Crippen LogP contribution < -0.4 is 19.8 Å². The van der Waals surface area contributed by atoms with Gasteiger partial charge in [0.15, 0.2) is 0 Å². The van der Waals surface area contributed by atoms with Crippen molar-refractivity contribution in [2.75, 3.05) is 0 Å². The molecule has 4 heteroatoms. The molecule has 0 saturated heterocycles. The highest BCUT2D eigenvalue weighted by Gasteiger charge is 2.20. The molecule has 0 aliphatic carbocycles. The van der Waals surface area contributed by atoms with Crippen LogP contribution in [0.25, 0.3) is 11.1 Å². The van der Waals surface area contributed by atoms with Crippen molar-refractivity contribution in [1.29, 1.82) is 0 Å². The van der Waals surface area contributed by atoms with Crippen molar-refractivity contribution in [1.82, 2.24) is 4.98 Å². The van der Waals surface area contributed by atoms with Crippen LogP contribution in [-0.4, -0.2) is 14.5 Å². The number of nitrogens with zero attached hydrogens (tertiary/aromatic N) is 1. The summed E-state index contributed by atoms with van der Waals surface area (Å²) in [5, 5.41) is 2.51. The number of hydrogen-bond acceptors (Lipinski definition) is 3. The van der Waals surface area contributed by atoms with Gasteiger partial charge in [-0.05, 0) is 51.3 Å². The average Bonchev–Trinajstić information content (AvgIpc) is 2.75. The summed E-state index contributed by atoms with van der Waals surface area (Å²) in [6.45, 7) is 0. The first-order valence-corrected chi connectivity index (χ1v) is 10.3. The molecule has 3 nitrogen and oxygen atoms in total. The summed E-state index contributed by atoms with van der Waals surface area (Å²) in [5.74, 6) is 3.50. The second kappa shape index (κ2) is 6.07. The summed E-state index contributed by atoms with van der Waals surface area (Å²) in [4.78, 5) is 4.36. The monoisotopic (exact) mass is 377 g/mol. The predicted molar refractivity (Wildman–Crippen MR) is 111 cm³/mol. The van der Waals surface area contributed by atoms with Crippen molar-refractivity contribution < 1.29 is 9.47 Å². The summed E-state index contributed by atoms with van der Waals surface area (Å²) in [6.07, 6.45) is 2.62. The van der Waals surface area contributed by atoms with Crippen molar-refractivity contribution in [2.45, 2.75) is 6.42 Å². The van der Waals surface area contributed by atoms with E-state index in [1.165, 1.54) is 15.9 Å². The predicted octanol–water partition coefficient (Wildman–Crippen LogP) is 4.21. The van der Waals surface area contributed by atoms with Gasteiger partial charge in [-0.15, -0.1) is 0 Å². The highest BCUT2D eigenvalue weighted by Crippen LogP contribution is 2.38. The van der Waals surface area contributed by atoms with Crippen LogP contribution in [0, 0.1) is 0 Å². The van der Waals surface area contributed by atoms with Gasteiger partial charge in [0.1, 0.15) is 26.8 Å². The molecule has 2 aliphatic heterocycles. The fraction of sp³-hybridized carbons (Fsp3) is 0.0417. The van der Waals surface area contributed by atoms with E-state index in [2.05, 4.69) is 59.6 Å². The SMILES string of the molecule is c1cnc2c(c1)Cc1ccc(-c3ccc4c(c3)Oc3ccccc3[Si]4)cc1O2. The fourth-order valence-corrected chi connectivity index (χ4v) is 4.89. The molecule has 3 aromatic carbocycles. The van der Waals surface area contributed by atoms with E-state index in [4.69, 9.17) is 9.47 Å². The van der Waals surface area contributed by atoms with E-state index in [0.717, 1.165) is 40.4 Å². The van der Waals surface area contributed by atoms with Crippen LogP contribution in [-0.2, 0) is 6.42 Å². The Balaban J connectivity index is 1.36. The maximum atomic E-state index is 6.16. The van der Waals surface area contributed by atoms with Crippen LogP contribution in [0.3, 0.4) is 0 Å². The van der Waals surface area contributed by atoms with Crippen LogP contribution in [0.2, 0.25) is 0 Å². The van der Waals surface area contributed by atoms with E-state index in [1.807, 2.05) is 18.2 Å². The van der Waals surface area contributed by atoms with Crippen LogP contribution in [0.5, 0.6) is 23.1 Å². The second-order valence-electron chi connectivity index (χ2n) is 7.00. The van der Waals surface area contributed by atoms with E-state index < -0.39 is 0 Å². The molecule has 2 aliphatic rings. The molecule has 6 rings (SSSR count). The smallest absolute Gasteiger partial charge is 0.222 e. The largest absolute Gasteiger partial charge is 0.458 e. The molecule has 0 unspecified atom stereocenters. The second-order valence-corrected chi connectivity index (χ2v) is 8.33. The first-order valence-electron chi connectivity index (χ1n) is 9.26. The summed E-state index contributed by atoms with van der Waals surface area (Å²) in [6, 6.07) is 25.2. The highest BCUT2D eigenvalue weighted by atomic mass is 28.2. The van der Waals surface area contributed by atoms with Crippen molar-refractivity contribution in [3.63, 3.8) is 0 Å².